The fourth-order valence-corrected chi connectivity index (χ4v) is 2.80. The normalized spacial score (nSPS) is 12.1. The van der Waals surface area contributed by atoms with Crippen LogP contribution in [0.25, 0.3) is 0 Å². The molecule has 0 aliphatic heterocycles. The molecule has 0 fully saturated rings. The third-order valence-corrected chi connectivity index (χ3v) is 4.08. The molecule has 0 amide bonds. The zero-order valence-corrected chi connectivity index (χ0v) is 11.7. The summed E-state index contributed by atoms with van der Waals surface area (Å²) in [5, 5.41) is 0. The van der Waals surface area contributed by atoms with Crippen molar-refractivity contribution in [2.24, 2.45) is 0 Å². The number of ether oxygens (including phenoxy) is 1. The van der Waals surface area contributed by atoms with Crippen LogP contribution in [-0.2, 0) is 10.8 Å². The van der Waals surface area contributed by atoms with E-state index in [1.54, 1.807) is 6.07 Å². The number of rotatable bonds is 5. The second-order valence-electron chi connectivity index (χ2n) is 4.25. The topological polar surface area (TPSA) is 52.3 Å². The van der Waals surface area contributed by atoms with Crippen LogP contribution >= 0.6 is 0 Å². The third kappa shape index (κ3) is 3.83. The van der Waals surface area contributed by atoms with Crippen molar-refractivity contribution in [3.63, 3.8) is 0 Å². The van der Waals surface area contributed by atoms with Gasteiger partial charge in [0.05, 0.1) is 21.4 Å². The van der Waals surface area contributed by atoms with Crippen molar-refractivity contribution in [1.82, 2.24) is 0 Å². The van der Waals surface area contributed by atoms with Gasteiger partial charge in [0.1, 0.15) is 12.4 Å². The number of aryl methyl sites for hydroxylation is 1. The summed E-state index contributed by atoms with van der Waals surface area (Å²) < 4.78 is 17.7. The van der Waals surface area contributed by atoms with Crippen LogP contribution in [0.2, 0.25) is 0 Å². The number of anilines is 1. The van der Waals surface area contributed by atoms with Crippen molar-refractivity contribution in [2.75, 3.05) is 18.1 Å². The van der Waals surface area contributed by atoms with Gasteiger partial charge < -0.3 is 10.5 Å². The Kier molecular flexibility index (Phi) is 4.58. The van der Waals surface area contributed by atoms with E-state index in [0.717, 1.165) is 11.3 Å². The van der Waals surface area contributed by atoms with Gasteiger partial charge in [-0.2, -0.15) is 0 Å². The molecule has 0 spiro atoms. The Morgan fingerprint density at radius 2 is 1.89 bits per heavy atom. The molecule has 1 atom stereocenters. The molecule has 0 heterocycles. The number of hydrogen-bond acceptors (Lipinski definition) is 3. The van der Waals surface area contributed by atoms with E-state index in [4.69, 9.17) is 10.5 Å². The van der Waals surface area contributed by atoms with E-state index in [0.29, 0.717) is 22.9 Å². The largest absolute Gasteiger partial charge is 0.493 e. The van der Waals surface area contributed by atoms with Gasteiger partial charge in [-0.25, -0.2) is 0 Å². The van der Waals surface area contributed by atoms with E-state index >= 15 is 0 Å². The van der Waals surface area contributed by atoms with E-state index < -0.39 is 10.8 Å². The van der Waals surface area contributed by atoms with Crippen LogP contribution in [0, 0.1) is 6.92 Å². The third-order valence-electron chi connectivity index (χ3n) is 2.70. The molecule has 2 aromatic carbocycles. The number of para-hydroxylation sites is 1. The standard InChI is InChI=1S/C15H17NO2S/c1-12-7-8-14(16)15(11-12)19(17)10-9-18-13-5-3-2-4-6-13/h2-8,11H,9-10,16H2,1H3. The molecule has 4 heteroatoms. The summed E-state index contributed by atoms with van der Waals surface area (Å²) >= 11 is 0. The Hall–Kier alpha value is -1.81. The predicted octanol–water partition coefficient (Wildman–Crippen LogP) is 2.76. The molecular weight excluding hydrogens is 258 g/mol. The van der Waals surface area contributed by atoms with Crippen LogP contribution in [-0.4, -0.2) is 16.6 Å². The molecule has 0 radical (unpaired) electrons. The maximum absolute atomic E-state index is 12.2. The molecule has 19 heavy (non-hydrogen) atoms. The minimum absolute atomic E-state index is 0.407. The smallest absolute Gasteiger partial charge is 0.119 e. The monoisotopic (exact) mass is 275 g/mol. The van der Waals surface area contributed by atoms with Crippen LogP contribution in [0.4, 0.5) is 5.69 Å². The Bertz CT molecular complexity index is 570. The molecule has 0 bridgehead atoms. The molecule has 0 saturated heterocycles. The highest BCUT2D eigenvalue weighted by molar-refractivity contribution is 7.85. The summed E-state index contributed by atoms with van der Waals surface area (Å²) in [5.41, 5.74) is 7.47. The molecule has 0 aromatic heterocycles. The highest BCUT2D eigenvalue weighted by atomic mass is 32.2. The Morgan fingerprint density at radius 3 is 2.63 bits per heavy atom. The first-order valence-electron chi connectivity index (χ1n) is 6.09. The lowest BCUT2D eigenvalue weighted by molar-refractivity contribution is 0.342. The molecular formula is C15H17NO2S. The van der Waals surface area contributed by atoms with Gasteiger partial charge in [-0.05, 0) is 36.8 Å². The van der Waals surface area contributed by atoms with Gasteiger partial charge in [-0.1, -0.05) is 24.3 Å². The minimum Gasteiger partial charge on any atom is -0.493 e. The lowest BCUT2D eigenvalue weighted by Crippen LogP contribution is -2.10. The fraction of sp³-hybridized carbons (Fsp3) is 0.200. The van der Waals surface area contributed by atoms with E-state index in [2.05, 4.69) is 0 Å². The van der Waals surface area contributed by atoms with Crippen molar-refractivity contribution < 1.29 is 8.95 Å². The van der Waals surface area contributed by atoms with Crippen molar-refractivity contribution >= 4 is 16.5 Å². The fourth-order valence-electron chi connectivity index (χ4n) is 1.70. The summed E-state index contributed by atoms with van der Waals surface area (Å²) in [6.45, 7) is 2.37. The van der Waals surface area contributed by atoms with Gasteiger partial charge in [-0.15, -0.1) is 0 Å². The first kappa shape index (κ1) is 13.6. The maximum atomic E-state index is 12.2. The first-order valence-corrected chi connectivity index (χ1v) is 7.41. The molecule has 2 aromatic rings. The first-order chi connectivity index (χ1) is 9.16. The molecule has 0 aliphatic rings. The summed E-state index contributed by atoms with van der Waals surface area (Å²) in [5.74, 6) is 1.22. The van der Waals surface area contributed by atoms with Crippen LogP contribution < -0.4 is 10.5 Å². The zero-order valence-electron chi connectivity index (χ0n) is 10.8. The highest BCUT2D eigenvalue weighted by Gasteiger charge is 2.08. The van der Waals surface area contributed by atoms with Crippen molar-refractivity contribution in [3.05, 3.63) is 54.1 Å². The molecule has 1 unspecified atom stereocenters. The second-order valence-corrected chi connectivity index (χ2v) is 5.79. The molecule has 100 valence electrons. The van der Waals surface area contributed by atoms with Gasteiger partial charge in [0, 0.05) is 5.69 Å². The Morgan fingerprint density at radius 1 is 1.16 bits per heavy atom. The molecule has 3 nitrogen and oxygen atoms in total. The highest BCUT2D eigenvalue weighted by Crippen LogP contribution is 2.18. The van der Waals surface area contributed by atoms with Crippen LogP contribution in [0.3, 0.4) is 0 Å². The summed E-state index contributed by atoms with van der Waals surface area (Å²) in [4.78, 5) is 0.691. The van der Waals surface area contributed by atoms with Gasteiger partial charge in [0.2, 0.25) is 0 Å². The van der Waals surface area contributed by atoms with Crippen molar-refractivity contribution in [3.8, 4) is 5.75 Å². The van der Waals surface area contributed by atoms with Crippen molar-refractivity contribution in [1.29, 1.82) is 0 Å². The predicted molar refractivity (Wildman–Crippen MR) is 78.8 cm³/mol. The number of nitrogens with two attached hydrogens (primary N) is 1. The quantitative estimate of drug-likeness (QED) is 0.854. The van der Waals surface area contributed by atoms with Crippen molar-refractivity contribution in [2.45, 2.75) is 11.8 Å². The zero-order chi connectivity index (χ0) is 13.7. The van der Waals surface area contributed by atoms with E-state index in [1.807, 2.05) is 49.4 Å². The molecule has 2 N–H and O–H groups in total. The summed E-state index contributed by atoms with van der Waals surface area (Å²) in [7, 11) is -1.13. The average molecular weight is 275 g/mol. The van der Waals surface area contributed by atoms with Gasteiger partial charge >= 0.3 is 0 Å². The minimum atomic E-state index is -1.13. The van der Waals surface area contributed by atoms with E-state index in [1.165, 1.54) is 0 Å². The van der Waals surface area contributed by atoms with E-state index in [-0.39, 0.29) is 0 Å². The lowest BCUT2D eigenvalue weighted by Gasteiger charge is -2.08. The number of nitrogen functional groups attached to an aromatic ring is 1. The van der Waals surface area contributed by atoms with Gasteiger partial charge in [-0.3, -0.25) is 4.21 Å². The Labute approximate surface area is 115 Å². The second kappa shape index (κ2) is 6.38. The molecule has 0 aliphatic carbocycles. The van der Waals surface area contributed by atoms with Crippen LogP contribution in [0.1, 0.15) is 5.56 Å². The maximum Gasteiger partial charge on any atom is 0.119 e. The van der Waals surface area contributed by atoms with Gasteiger partial charge in [0.15, 0.2) is 0 Å². The SMILES string of the molecule is Cc1ccc(N)c(S(=O)CCOc2ccccc2)c1. The lowest BCUT2D eigenvalue weighted by atomic mass is 10.2. The summed E-state index contributed by atoms with van der Waals surface area (Å²) in [6.07, 6.45) is 0. The number of hydrogen-bond donors (Lipinski definition) is 1. The van der Waals surface area contributed by atoms with Crippen LogP contribution in [0.15, 0.2) is 53.4 Å². The van der Waals surface area contributed by atoms with Gasteiger partial charge in [0.25, 0.3) is 0 Å². The van der Waals surface area contributed by atoms with Crippen LogP contribution in [0.5, 0.6) is 5.75 Å². The molecule has 2 rings (SSSR count). The molecule has 0 saturated carbocycles. The van der Waals surface area contributed by atoms with E-state index in [9.17, 15) is 4.21 Å². The number of benzene rings is 2. The average Bonchev–Trinajstić information content (AvgIpc) is 2.42. The Balaban J connectivity index is 1.93. The summed E-state index contributed by atoms with van der Waals surface area (Å²) in [6, 6.07) is 15.1.